The number of hydrogen-bond acceptors (Lipinski definition) is 4. The van der Waals surface area contributed by atoms with Crippen molar-refractivity contribution in [1.82, 2.24) is 20.2 Å². The lowest BCUT2D eigenvalue weighted by atomic mass is 10.0. The quantitative estimate of drug-likeness (QED) is 0.906. The minimum absolute atomic E-state index is 0.0353. The third-order valence-corrected chi connectivity index (χ3v) is 4.31. The molecule has 0 saturated carbocycles. The molecule has 1 aromatic heterocycles. The van der Waals surface area contributed by atoms with Gasteiger partial charge in [-0.15, -0.1) is 0 Å². The van der Waals surface area contributed by atoms with Crippen LogP contribution in [0, 0.1) is 6.92 Å². The zero-order chi connectivity index (χ0) is 17.6. The molecule has 0 bridgehead atoms. The number of rotatable bonds is 5. The topological polar surface area (TPSA) is 75.2 Å². The van der Waals surface area contributed by atoms with Crippen molar-refractivity contribution in [2.45, 2.75) is 38.8 Å². The Balaban J connectivity index is 1.78. The van der Waals surface area contributed by atoms with Gasteiger partial charge in [-0.1, -0.05) is 30.3 Å². The maximum absolute atomic E-state index is 12.9. The molecule has 0 radical (unpaired) electrons. The van der Waals surface area contributed by atoms with Crippen molar-refractivity contribution < 1.29 is 9.59 Å². The van der Waals surface area contributed by atoms with Gasteiger partial charge in [-0.05, 0) is 31.4 Å². The number of nitrogens with zero attached hydrogens (tertiary/aromatic N) is 3. The molecule has 6 nitrogen and oxygen atoms in total. The van der Waals surface area contributed by atoms with Gasteiger partial charge in [0.15, 0.2) is 0 Å². The van der Waals surface area contributed by atoms with E-state index in [-0.39, 0.29) is 11.8 Å². The normalized spacial score (nSPS) is 15.7. The lowest BCUT2D eigenvalue weighted by molar-refractivity contribution is -0.142. The first-order valence-electron chi connectivity index (χ1n) is 8.56. The second-order valence-corrected chi connectivity index (χ2v) is 6.17. The lowest BCUT2D eigenvalue weighted by Crippen LogP contribution is -2.45. The first kappa shape index (κ1) is 17.1. The molecule has 1 aliphatic rings. The number of aromatic nitrogens is 2. The van der Waals surface area contributed by atoms with E-state index in [0.29, 0.717) is 25.3 Å². The van der Waals surface area contributed by atoms with E-state index in [4.69, 9.17) is 0 Å². The van der Waals surface area contributed by atoms with Gasteiger partial charge < -0.3 is 10.2 Å². The van der Waals surface area contributed by atoms with Crippen molar-refractivity contribution in [2.24, 2.45) is 0 Å². The van der Waals surface area contributed by atoms with E-state index in [1.807, 2.05) is 37.3 Å². The van der Waals surface area contributed by atoms with E-state index in [1.165, 1.54) is 0 Å². The predicted molar refractivity (Wildman–Crippen MR) is 93.4 cm³/mol. The van der Waals surface area contributed by atoms with Gasteiger partial charge in [0.1, 0.15) is 11.9 Å². The Morgan fingerprint density at radius 3 is 2.76 bits per heavy atom. The molecule has 6 heteroatoms. The number of aryl methyl sites for hydroxylation is 1. The number of carbonyl (C=O) groups excluding carboxylic acids is 2. The van der Waals surface area contributed by atoms with E-state index in [1.54, 1.807) is 17.2 Å². The Morgan fingerprint density at radius 1 is 1.24 bits per heavy atom. The van der Waals surface area contributed by atoms with Crippen molar-refractivity contribution in [3.05, 3.63) is 59.7 Å². The zero-order valence-corrected chi connectivity index (χ0v) is 14.3. The summed E-state index contributed by atoms with van der Waals surface area (Å²) in [4.78, 5) is 35.3. The van der Waals surface area contributed by atoms with E-state index in [2.05, 4.69) is 15.3 Å². The fourth-order valence-electron chi connectivity index (χ4n) is 3.09. The van der Waals surface area contributed by atoms with Crippen molar-refractivity contribution in [2.75, 3.05) is 6.54 Å². The van der Waals surface area contributed by atoms with Gasteiger partial charge in [0.25, 0.3) is 0 Å². The number of piperidine rings is 1. The van der Waals surface area contributed by atoms with E-state index in [9.17, 15) is 9.59 Å². The average molecular weight is 338 g/mol. The van der Waals surface area contributed by atoms with Crippen LogP contribution in [0.15, 0.2) is 42.6 Å². The third kappa shape index (κ3) is 4.21. The molecule has 2 heterocycles. The minimum atomic E-state index is -0.600. The van der Waals surface area contributed by atoms with Gasteiger partial charge in [0, 0.05) is 19.2 Å². The summed E-state index contributed by atoms with van der Waals surface area (Å²) in [5, 5.41) is 2.92. The van der Waals surface area contributed by atoms with Crippen LogP contribution in [0.25, 0.3) is 0 Å². The maximum atomic E-state index is 12.9. The van der Waals surface area contributed by atoms with Crippen molar-refractivity contribution >= 4 is 11.8 Å². The fourth-order valence-corrected chi connectivity index (χ4v) is 3.09. The predicted octanol–water partition coefficient (Wildman–Crippen LogP) is 2.16. The number of likely N-dealkylation sites (tertiary alicyclic amines) is 1. The van der Waals surface area contributed by atoms with Gasteiger partial charge in [0.05, 0.1) is 12.2 Å². The van der Waals surface area contributed by atoms with Gasteiger partial charge in [-0.25, -0.2) is 9.97 Å². The summed E-state index contributed by atoms with van der Waals surface area (Å²) in [7, 11) is 0. The highest BCUT2D eigenvalue weighted by atomic mass is 16.2. The molecule has 1 aliphatic heterocycles. The maximum Gasteiger partial charge on any atom is 0.247 e. The Hall–Kier alpha value is -2.76. The van der Waals surface area contributed by atoms with Crippen LogP contribution < -0.4 is 5.32 Å². The smallest absolute Gasteiger partial charge is 0.247 e. The Bertz CT molecular complexity index is 748. The van der Waals surface area contributed by atoms with Crippen LogP contribution in [0.3, 0.4) is 0 Å². The van der Waals surface area contributed by atoms with Crippen molar-refractivity contribution in [1.29, 1.82) is 0 Å². The molecule has 2 aromatic rings. The highest BCUT2D eigenvalue weighted by molar-refractivity contribution is 5.89. The Labute approximate surface area is 147 Å². The summed E-state index contributed by atoms with van der Waals surface area (Å²) >= 11 is 0. The van der Waals surface area contributed by atoms with E-state index in [0.717, 1.165) is 24.1 Å². The molecule has 130 valence electrons. The highest BCUT2D eigenvalue weighted by Gasteiger charge is 2.32. The van der Waals surface area contributed by atoms with Gasteiger partial charge in [0.2, 0.25) is 11.8 Å². The van der Waals surface area contributed by atoms with Crippen LogP contribution in [0.1, 0.15) is 42.4 Å². The summed E-state index contributed by atoms with van der Waals surface area (Å²) in [6.07, 6.45) is 3.99. The molecular weight excluding hydrogens is 316 g/mol. The standard InChI is InChI=1S/C19H22N4O2/c1-14-20-11-10-16(22-14)13-21-19(25)18(15-7-3-2-4-8-15)23-12-6-5-9-17(23)24/h2-4,7-8,10-11,18H,5-6,9,12-13H2,1H3,(H,21,25). The van der Waals surface area contributed by atoms with Crippen LogP contribution in [-0.2, 0) is 16.1 Å². The summed E-state index contributed by atoms with van der Waals surface area (Å²) in [6.45, 7) is 2.73. The zero-order valence-electron chi connectivity index (χ0n) is 14.3. The van der Waals surface area contributed by atoms with Crippen LogP contribution in [0.4, 0.5) is 0 Å². The van der Waals surface area contributed by atoms with Gasteiger partial charge in [-0.2, -0.15) is 0 Å². The summed E-state index contributed by atoms with van der Waals surface area (Å²) < 4.78 is 0. The lowest BCUT2D eigenvalue weighted by Gasteiger charge is -2.34. The number of carbonyl (C=O) groups is 2. The third-order valence-electron chi connectivity index (χ3n) is 4.31. The average Bonchev–Trinajstić information content (AvgIpc) is 2.63. The van der Waals surface area contributed by atoms with Gasteiger partial charge >= 0.3 is 0 Å². The summed E-state index contributed by atoms with van der Waals surface area (Å²) in [5.41, 5.74) is 1.58. The van der Waals surface area contributed by atoms with Gasteiger partial charge in [-0.3, -0.25) is 9.59 Å². The minimum Gasteiger partial charge on any atom is -0.348 e. The van der Waals surface area contributed by atoms with Crippen molar-refractivity contribution in [3.63, 3.8) is 0 Å². The number of amides is 2. The SMILES string of the molecule is Cc1nccc(CNC(=O)C(c2ccccc2)N2CCCCC2=O)n1. The molecule has 1 N–H and O–H groups in total. The molecule has 0 aliphatic carbocycles. The Kier molecular flexibility index (Phi) is 5.38. The summed E-state index contributed by atoms with van der Waals surface area (Å²) in [6, 6.07) is 10.6. The molecule has 0 spiro atoms. The molecule has 1 unspecified atom stereocenters. The molecule has 2 amide bonds. The van der Waals surface area contributed by atoms with Crippen LogP contribution in [-0.4, -0.2) is 33.2 Å². The number of benzene rings is 1. The fraction of sp³-hybridized carbons (Fsp3) is 0.368. The molecule has 3 rings (SSSR count). The number of nitrogens with one attached hydrogen (secondary N) is 1. The molecule has 1 fully saturated rings. The molecule has 25 heavy (non-hydrogen) atoms. The molecule has 1 saturated heterocycles. The van der Waals surface area contributed by atoms with Crippen LogP contribution >= 0.6 is 0 Å². The first-order chi connectivity index (χ1) is 12.1. The Morgan fingerprint density at radius 2 is 2.04 bits per heavy atom. The second kappa shape index (κ2) is 7.88. The molecule has 1 atom stereocenters. The number of hydrogen-bond donors (Lipinski definition) is 1. The van der Waals surface area contributed by atoms with Crippen molar-refractivity contribution in [3.8, 4) is 0 Å². The largest absolute Gasteiger partial charge is 0.348 e. The molecular formula is C19H22N4O2. The summed E-state index contributed by atoms with van der Waals surface area (Å²) in [5.74, 6) is 0.517. The first-order valence-corrected chi connectivity index (χ1v) is 8.56. The highest BCUT2D eigenvalue weighted by Crippen LogP contribution is 2.25. The van der Waals surface area contributed by atoms with E-state index >= 15 is 0 Å². The molecule has 1 aromatic carbocycles. The monoisotopic (exact) mass is 338 g/mol. The van der Waals surface area contributed by atoms with Crippen LogP contribution in [0.2, 0.25) is 0 Å². The van der Waals surface area contributed by atoms with E-state index < -0.39 is 6.04 Å². The second-order valence-electron chi connectivity index (χ2n) is 6.17. The van der Waals surface area contributed by atoms with Crippen LogP contribution in [0.5, 0.6) is 0 Å².